The lowest BCUT2D eigenvalue weighted by Gasteiger charge is -2.35. The molecule has 0 radical (unpaired) electrons. The number of H-pyrrole nitrogens is 1. The van der Waals surface area contributed by atoms with E-state index in [0.717, 1.165) is 25.8 Å². The van der Waals surface area contributed by atoms with Crippen LogP contribution in [0.1, 0.15) is 26.2 Å². The van der Waals surface area contributed by atoms with Crippen LogP contribution in [0, 0.1) is 0 Å². The van der Waals surface area contributed by atoms with Gasteiger partial charge in [-0.3, -0.25) is 10.1 Å². The summed E-state index contributed by atoms with van der Waals surface area (Å²) in [4.78, 5) is 36.8. The van der Waals surface area contributed by atoms with Crippen molar-refractivity contribution in [1.82, 2.24) is 25.2 Å². The van der Waals surface area contributed by atoms with Crippen LogP contribution in [0.4, 0.5) is 10.6 Å². The van der Waals surface area contributed by atoms with Crippen LogP contribution in [0.15, 0.2) is 18.5 Å². The van der Waals surface area contributed by atoms with E-state index in [9.17, 15) is 9.59 Å². The monoisotopic (exact) mass is 316 g/mol. The molecule has 2 aromatic rings. The number of piperidine rings is 1. The minimum absolute atomic E-state index is 0.0562. The maximum Gasteiger partial charge on any atom is 0.320 e. The van der Waals surface area contributed by atoms with Crippen LogP contribution < -0.4 is 10.6 Å². The highest BCUT2D eigenvalue weighted by Crippen LogP contribution is 2.16. The molecule has 0 spiro atoms. The number of carbonyl (C=O) groups is 2. The number of nitrogens with zero attached hydrogens (tertiary/aromatic N) is 3. The summed E-state index contributed by atoms with van der Waals surface area (Å²) in [5, 5.41) is 5.47. The van der Waals surface area contributed by atoms with E-state index in [0.29, 0.717) is 23.5 Å². The van der Waals surface area contributed by atoms with E-state index in [4.69, 9.17) is 0 Å². The van der Waals surface area contributed by atoms with Crippen molar-refractivity contribution in [3.05, 3.63) is 18.5 Å². The Morgan fingerprint density at radius 3 is 3.13 bits per heavy atom. The largest absolute Gasteiger partial charge is 0.345 e. The number of fused-ring (bicyclic) bond motifs is 1. The number of nitrogens with one attached hydrogen (secondary N) is 3. The quantitative estimate of drug-likeness (QED) is 0.798. The Morgan fingerprint density at radius 1 is 1.43 bits per heavy atom. The van der Waals surface area contributed by atoms with E-state index >= 15 is 0 Å². The normalized spacial score (nSPS) is 18.0. The van der Waals surface area contributed by atoms with Crippen molar-refractivity contribution in [2.24, 2.45) is 0 Å². The molecule has 1 atom stereocenters. The number of anilines is 1. The summed E-state index contributed by atoms with van der Waals surface area (Å²) < 4.78 is 0. The van der Waals surface area contributed by atoms with Crippen molar-refractivity contribution in [1.29, 1.82) is 0 Å². The minimum Gasteiger partial charge on any atom is -0.345 e. The molecule has 3 heterocycles. The molecule has 122 valence electrons. The standard InChI is InChI=1S/C15H20N6O2/c1-10(22)21-7-3-2-4-11(21)8-18-15(23)20-13-9-17-14-12(19-13)5-6-16-14/h5-6,9,11H,2-4,7-8H2,1H3,(H,16,17)(H2,18,19,20,23). The van der Waals surface area contributed by atoms with Crippen molar-refractivity contribution in [2.75, 3.05) is 18.4 Å². The number of aromatic nitrogens is 3. The Hall–Kier alpha value is -2.64. The number of urea groups is 1. The molecule has 0 aromatic carbocycles. The molecule has 3 rings (SSSR count). The van der Waals surface area contributed by atoms with Gasteiger partial charge in [-0.25, -0.2) is 14.8 Å². The first-order chi connectivity index (χ1) is 11.1. The summed E-state index contributed by atoms with van der Waals surface area (Å²) in [5.41, 5.74) is 1.37. The highest BCUT2D eigenvalue weighted by molar-refractivity contribution is 5.89. The predicted molar refractivity (Wildman–Crippen MR) is 85.9 cm³/mol. The fourth-order valence-corrected chi connectivity index (χ4v) is 2.89. The van der Waals surface area contributed by atoms with Gasteiger partial charge in [-0.15, -0.1) is 0 Å². The number of hydrogen-bond donors (Lipinski definition) is 3. The summed E-state index contributed by atoms with van der Waals surface area (Å²) in [6.07, 6.45) is 6.26. The van der Waals surface area contributed by atoms with Crippen molar-refractivity contribution < 1.29 is 9.59 Å². The van der Waals surface area contributed by atoms with E-state index in [-0.39, 0.29) is 18.0 Å². The maximum absolute atomic E-state index is 12.0. The van der Waals surface area contributed by atoms with Crippen LogP contribution in [0.3, 0.4) is 0 Å². The first-order valence-electron chi connectivity index (χ1n) is 7.75. The molecule has 0 saturated carbocycles. The smallest absolute Gasteiger partial charge is 0.320 e. The minimum atomic E-state index is -0.344. The summed E-state index contributed by atoms with van der Waals surface area (Å²) in [6, 6.07) is 1.51. The first kappa shape index (κ1) is 15.3. The van der Waals surface area contributed by atoms with Crippen molar-refractivity contribution in [3.63, 3.8) is 0 Å². The molecule has 8 heteroatoms. The van der Waals surface area contributed by atoms with E-state index < -0.39 is 0 Å². The van der Waals surface area contributed by atoms with Gasteiger partial charge in [-0.1, -0.05) is 0 Å². The Labute approximate surface area is 133 Å². The Bertz CT molecular complexity index is 713. The topological polar surface area (TPSA) is 103 Å². The molecule has 0 aliphatic carbocycles. The molecule has 1 aliphatic heterocycles. The zero-order chi connectivity index (χ0) is 16.2. The summed E-state index contributed by atoms with van der Waals surface area (Å²) in [7, 11) is 0. The molecule has 23 heavy (non-hydrogen) atoms. The molecule has 8 nitrogen and oxygen atoms in total. The molecule has 3 N–H and O–H groups in total. The van der Waals surface area contributed by atoms with Crippen LogP contribution in [-0.2, 0) is 4.79 Å². The molecule has 1 aliphatic rings. The van der Waals surface area contributed by atoms with E-state index in [1.165, 1.54) is 6.20 Å². The van der Waals surface area contributed by atoms with Gasteiger partial charge in [0.15, 0.2) is 11.5 Å². The highest BCUT2D eigenvalue weighted by atomic mass is 16.2. The van der Waals surface area contributed by atoms with Crippen molar-refractivity contribution in [2.45, 2.75) is 32.2 Å². The third-order valence-corrected chi connectivity index (χ3v) is 4.03. The van der Waals surface area contributed by atoms with E-state index in [1.807, 2.05) is 4.90 Å². The Balaban J connectivity index is 1.55. The predicted octanol–water partition coefficient (Wildman–Crippen LogP) is 1.48. The van der Waals surface area contributed by atoms with Gasteiger partial charge in [-0.05, 0) is 25.3 Å². The summed E-state index contributed by atoms with van der Waals surface area (Å²) >= 11 is 0. The lowest BCUT2D eigenvalue weighted by molar-refractivity contribution is -0.132. The van der Waals surface area contributed by atoms with Gasteiger partial charge >= 0.3 is 6.03 Å². The van der Waals surface area contributed by atoms with Gasteiger partial charge in [0.2, 0.25) is 5.91 Å². The molecular weight excluding hydrogens is 296 g/mol. The average Bonchev–Trinajstić information content (AvgIpc) is 3.00. The number of amides is 3. The number of hydrogen-bond acceptors (Lipinski definition) is 4. The third-order valence-electron chi connectivity index (χ3n) is 4.03. The molecular formula is C15H20N6O2. The van der Waals surface area contributed by atoms with Gasteiger partial charge < -0.3 is 15.2 Å². The fourth-order valence-electron chi connectivity index (χ4n) is 2.89. The van der Waals surface area contributed by atoms with Crippen LogP contribution >= 0.6 is 0 Å². The summed E-state index contributed by atoms with van der Waals surface area (Å²) in [6.45, 7) is 2.77. The number of aromatic amines is 1. The van der Waals surface area contributed by atoms with Crippen molar-refractivity contribution >= 4 is 28.9 Å². The second kappa shape index (κ2) is 6.64. The molecule has 1 saturated heterocycles. The van der Waals surface area contributed by atoms with Gasteiger partial charge in [-0.2, -0.15) is 0 Å². The molecule has 2 aromatic heterocycles. The average molecular weight is 316 g/mol. The zero-order valence-corrected chi connectivity index (χ0v) is 13.0. The zero-order valence-electron chi connectivity index (χ0n) is 13.0. The Morgan fingerprint density at radius 2 is 2.30 bits per heavy atom. The first-order valence-corrected chi connectivity index (χ1v) is 7.75. The van der Waals surface area contributed by atoms with E-state index in [1.54, 1.807) is 19.2 Å². The van der Waals surface area contributed by atoms with Crippen LogP contribution in [0.2, 0.25) is 0 Å². The lowest BCUT2D eigenvalue weighted by Crippen LogP contribution is -2.49. The van der Waals surface area contributed by atoms with Gasteiger partial charge in [0.05, 0.1) is 6.20 Å². The van der Waals surface area contributed by atoms with Gasteiger partial charge in [0.1, 0.15) is 5.52 Å². The molecule has 1 fully saturated rings. The second-order valence-corrected chi connectivity index (χ2v) is 5.66. The third kappa shape index (κ3) is 3.58. The van der Waals surface area contributed by atoms with Crippen LogP contribution in [0.5, 0.6) is 0 Å². The van der Waals surface area contributed by atoms with Crippen molar-refractivity contribution in [3.8, 4) is 0 Å². The summed E-state index contributed by atoms with van der Waals surface area (Å²) in [5.74, 6) is 0.447. The van der Waals surface area contributed by atoms with Gasteiger partial charge in [0.25, 0.3) is 0 Å². The number of rotatable bonds is 3. The second-order valence-electron chi connectivity index (χ2n) is 5.66. The highest BCUT2D eigenvalue weighted by Gasteiger charge is 2.24. The number of carbonyl (C=O) groups excluding carboxylic acids is 2. The van der Waals surface area contributed by atoms with Crippen LogP contribution in [0.25, 0.3) is 11.2 Å². The lowest BCUT2D eigenvalue weighted by atomic mass is 10.0. The Kier molecular flexibility index (Phi) is 4.40. The molecule has 1 unspecified atom stereocenters. The SMILES string of the molecule is CC(=O)N1CCCCC1CNC(=O)Nc1cnc2[nH]ccc2n1. The van der Waals surface area contributed by atoms with Gasteiger partial charge in [0, 0.05) is 32.3 Å². The fraction of sp³-hybridized carbons (Fsp3) is 0.467. The maximum atomic E-state index is 12.0. The molecule has 0 bridgehead atoms. The van der Waals surface area contributed by atoms with Crippen LogP contribution in [-0.4, -0.2) is 50.9 Å². The van der Waals surface area contributed by atoms with E-state index in [2.05, 4.69) is 25.6 Å². The molecule has 3 amide bonds. The number of likely N-dealkylation sites (tertiary alicyclic amines) is 1.